The van der Waals surface area contributed by atoms with Crippen LogP contribution in [0, 0.1) is 0 Å². The maximum absolute atomic E-state index is 14.1. The van der Waals surface area contributed by atoms with Crippen LogP contribution in [-0.2, 0) is 0 Å². The predicted octanol–water partition coefficient (Wildman–Crippen LogP) is 2.93. The van der Waals surface area contributed by atoms with Crippen LogP contribution >= 0.6 is 7.69 Å². The topological polar surface area (TPSA) is 6.48 Å². The van der Waals surface area contributed by atoms with Gasteiger partial charge >= 0.3 is 99.7 Å². The molecule has 2 nitrogen and oxygen atoms in total. The van der Waals surface area contributed by atoms with E-state index in [4.69, 9.17) is 0 Å². The molecule has 0 saturated carbocycles. The first kappa shape index (κ1) is 14.4. The van der Waals surface area contributed by atoms with Crippen LogP contribution in [0.25, 0.3) is 0 Å². The van der Waals surface area contributed by atoms with Crippen LogP contribution in [0.5, 0.6) is 0 Å². The van der Waals surface area contributed by atoms with Gasteiger partial charge in [0.05, 0.1) is 0 Å². The zero-order chi connectivity index (χ0) is 13.1. The van der Waals surface area contributed by atoms with Gasteiger partial charge in [-0.3, -0.25) is 0 Å². The Morgan fingerprint density at radius 2 is 1.47 bits per heavy atom. The van der Waals surface area contributed by atoms with Gasteiger partial charge in [-0.25, -0.2) is 0 Å². The number of likely N-dealkylation sites (N-methyl/N-ethyl adjacent to an activating group) is 2. The fourth-order valence-corrected chi connectivity index (χ4v) is 2.82. The summed E-state index contributed by atoms with van der Waals surface area (Å²) < 4.78 is 42.7. The van der Waals surface area contributed by atoms with Crippen LogP contribution in [0.15, 0.2) is 30.3 Å². The number of rotatable bonds is 5. The first-order chi connectivity index (χ1) is 7.72. The summed E-state index contributed by atoms with van der Waals surface area (Å²) in [6.45, 7) is 0.377. The molecule has 0 amide bonds. The summed E-state index contributed by atoms with van der Waals surface area (Å²) in [7, 11) is -1.76. The summed E-state index contributed by atoms with van der Waals surface area (Å²) >= 11 is 0. The van der Waals surface area contributed by atoms with Gasteiger partial charge in [-0.2, -0.15) is 0 Å². The first-order valence-corrected chi connectivity index (χ1v) is 7.18. The Morgan fingerprint density at radius 1 is 0.941 bits per heavy atom. The number of nitrogens with zero attached hydrogens (tertiary/aromatic N) is 2. The van der Waals surface area contributed by atoms with Crippen molar-refractivity contribution in [1.29, 1.82) is 0 Å². The number of halogens is 3. The molecule has 17 heavy (non-hydrogen) atoms. The van der Waals surface area contributed by atoms with Crippen molar-refractivity contribution >= 4 is 13.0 Å². The van der Waals surface area contributed by atoms with Crippen molar-refractivity contribution in [2.24, 2.45) is 0 Å². The van der Waals surface area contributed by atoms with Crippen LogP contribution < -0.4 is 5.30 Å². The van der Waals surface area contributed by atoms with Gasteiger partial charge in [-0.15, -0.1) is 0 Å². The molecule has 0 aromatic heterocycles. The molecule has 6 heteroatoms. The third kappa shape index (κ3) is 3.41. The number of benzene rings is 1. The van der Waals surface area contributed by atoms with Gasteiger partial charge in [0.15, 0.2) is 0 Å². The standard InChI is InChI=1S/C11H18F3N2P/c1-15(2)9-10-16(3)17(12,13,14)11-7-5-4-6-8-11/h4-8H,9-10H2,1-3H3. The Kier molecular flexibility index (Phi) is 4.18. The van der Waals surface area contributed by atoms with Gasteiger partial charge in [0, 0.05) is 0 Å². The average Bonchev–Trinajstić information content (AvgIpc) is 2.26. The van der Waals surface area contributed by atoms with Gasteiger partial charge in [0.2, 0.25) is 0 Å². The minimum atomic E-state index is -6.42. The van der Waals surface area contributed by atoms with Crippen molar-refractivity contribution in [3.63, 3.8) is 0 Å². The second kappa shape index (κ2) is 4.92. The van der Waals surface area contributed by atoms with E-state index in [-0.39, 0.29) is 6.54 Å². The molecule has 0 aliphatic rings. The van der Waals surface area contributed by atoms with E-state index in [0.29, 0.717) is 11.2 Å². The van der Waals surface area contributed by atoms with E-state index in [1.165, 1.54) is 12.1 Å². The van der Waals surface area contributed by atoms with Crippen molar-refractivity contribution in [2.45, 2.75) is 0 Å². The van der Waals surface area contributed by atoms with E-state index in [1.54, 1.807) is 25.1 Å². The molecular weight excluding hydrogens is 248 g/mol. The molecule has 0 bridgehead atoms. The summed E-state index contributed by atoms with van der Waals surface area (Å²) in [5.74, 6) is 0. The molecule has 0 heterocycles. The Morgan fingerprint density at radius 3 is 1.94 bits per heavy atom. The van der Waals surface area contributed by atoms with Gasteiger partial charge in [-0.05, 0) is 0 Å². The number of hydrogen-bond donors (Lipinski definition) is 0. The Labute approximate surface area is 100 Å². The molecule has 0 aliphatic carbocycles. The van der Waals surface area contributed by atoms with Crippen molar-refractivity contribution < 1.29 is 12.6 Å². The Bertz CT molecular complexity index is 362. The molecule has 1 aromatic rings. The summed E-state index contributed by atoms with van der Waals surface area (Å²) in [5.41, 5.74) is 0. The number of hydrogen-bond acceptors (Lipinski definition) is 2. The molecule has 0 radical (unpaired) electrons. The molecule has 0 atom stereocenters. The Balaban J connectivity index is 2.91. The zero-order valence-electron chi connectivity index (χ0n) is 10.3. The fourth-order valence-electron chi connectivity index (χ4n) is 1.37. The van der Waals surface area contributed by atoms with Gasteiger partial charge in [0.1, 0.15) is 0 Å². The SMILES string of the molecule is CN(C)CCN(C)P(F)(F)(F)c1ccccc1. The van der Waals surface area contributed by atoms with E-state index in [2.05, 4.69) is 0 Å². The molecular formula is C11H18F3N2P. The molecule has 0 unspecified atom stereocenters. The monoisotopic (exact) mass is 266 g/mol. The molecule has 1 aromatic carbocycles. The summed E-state index contributed by atoms with van der Waals surface area (Å²) in [6, 6.07) is 6.73. The zero-order valence-corrected chi connectivity index (χ0v) is 11.2. The van der Waals surface area contributed by atoms with E-state index in [1.807, 2.05) is 0 Å². The van der Waals surface area contributed by atoms with Crippen LogP contribution in [0.3, 0.4) is 0 Å². The van der Waals surface area contributed by atoms with Crippen molar-refractivity contribution in [3.05, 3.63) is 30.3 Å². The first-order valence-electron chi connectivity index (χ1n) is 5.32. The molecule has 0 saturated heterocycles. The van der Waals surface area contributed by atoms with E-state index in [0.717, 1.165) is 19.2 Å². The van der Waals surface area contributed by atoms with Crippen molar-refractivity contribution in [3.8, 4) is 0 Å². The maximum atomic E-state index is 14.1. The molecule has 0 N–H and O–H groups in total. The van der Waals surface area contributed by atoms with Gasteiger partial charge in [0.25, 0.3) is 0 Å². The van der Waals surface area contributed by atoms with Gasteiger partial charge < -0.3 is 0 Å². The quantitative estimate of drug-likeness (QED) is 0.756. The second-order valence-electron chi connectivity index (χ2n) is 4.29. The van der Waals surface area contributed by atoms with Crippen LogP contribution in [0.2, 0.25) is 0 Å². The van der Waals surface area contributed by atoms with Gasteiger partial charge in [-0.1, -0.05) is 0 Å². The summed E-state index contributed by atoms with van der Waals surface area (Å²) in [5, 5.41) is -0.514. The molecule has 1 rings (SSSR count). The molecule has 0 spiro atoms. The van der Waals surface area contributed by atoms with E-state index in [9.17, 15) is 12.6 Å². The summed E-state index contributed by atoms with van der Waals surface area (Å²) in [6.07, 6.45) is 0. The third-order valence-corrected chi connectivity index (χ3v) is 5.02. The van der Waals surface area contributed by atoms with Crippen molar-refractivity contribution in [2.75, 3.05) is 34.2 Å². The predicted molar refractivity (Wildman–Crippen MR) is 67.5 cm³/mol. The second-order valence-corrected chi connectivity index (χ2v) is 7.04. The third-order valence-electron chi connectivity index (χ3n) is 2.59. The van der Waals surface area contributed by atoms with Crippen LogP contribution in [-0.4, -0.2) is 43.8 Å². The van der Waals surface area contributed by atoms with E-state index < -0.39 is 13.0 Å². The van der Waals surface area contributed by atoms with E-state index >= 15 is 0 Å². The van der Waals surface area contributed by atoms with Crippen LogP contribution in [0.4, 0.5) is 12.6 Å². The minimum absolute atomic E-state index is 0.0107. The normalized spacial score (nSPS) is 14.9. The van der Waals surface area contributed by atoms with Crippen molar-refractivity contribution in [1.82, 2.24) is 9.57 Å². The average molecular weight is 266 g/mol. The Hall–Kier alpha value is -0.640. The summed E-state index contributed by atoms with van der Waals surface area (Å²) in [4.78, 5) is 1.74. The molecule has 0 fully saturated rings. The molecule has 98 valence electrons. The van der Waals surface area contributed by atoms with Crippen LogP contribution in [0.1, 0.15) is 0 Å². The molecule has 0 aliphatic heterocycles. The fraction of sp³-hybridized carbons (Fsp3) is 0.455.